The number of hydrogen-bond donors (Lipinski definition) is 3. The zero-order valence-corrected chi connectivity index (χ0v) is 17.4. The van der Waals surface area contributed by atoms with Crippen molar-refractivity contribution in [3.8, 4) is 0 Å². The van der Waals surface area contributed by atoms with Gasteiger partial charge in [-0.25, -0.2) is 9.18 Å². The molecule has 2 aliphatic rings. The number of hydrogen-bond acceptors (Lipinski definition) is 5. The van der Waals surface area contributed by atoms with Gasteiger partial charge in [-0.1, -0.05) is 6.07 Å². The number of alkyl halides is 3. The third kappa shape index (κ3) is 5.62. The largest absolute Gasteiger partial charge is 0.446 e. The second-order valence-corrected chi connectivity index (χ2v) is 8.05. The second kappa shape index (κ2) is 9.38. The molecule has 1 aromatic carbocycles. The zero-order chi connectivity index (χ0) is 23.6. The zero-order valence-electron chi connectivity index (χ0n) is 17.4. The molecule has 8 nitrogen and oxygen atoms in total. The topological polar surface area (TPSA) is 105 Å². The van der Waals surface area contributed by atoms with E-state index in [2.05, 4.69) is 20.8 Å². The van der Waals surface area contributed by atoms with E-state index in [0.717, 1.165) is 24.2 Å². The summed E-state index contributed by atoms with van der Waals surface area (Å²) in [5.41, 5.74) is -0.630. The molecule has 1 aromatic heterocycles. The molecule has 1 aliphatic heterocycles. The predicted molar refractivity (Wildman–Crippen MR) is 107 cm³/mol. The summed E-state index contributed by atoms with van der Waals surface area (Å²) < 4.78 is 62.8. The van der Waals surface area contributed by atoms with Gasteiger partial charge in [-0.15, -0.1) is 0 Å². The van der Waals surface area contributed by atoms with Crippen molar-refractivity contribution in [2.45, 2.75) is 56.5 Å². The summed E-state index contributed by atoms with van der Waals surface area (Å²) in [6, 6.07) is 3.98. The maximum Gasteiger partial charge on any atom is 0.416 e. The molecule has 4 rings (SSSR count). The van der Waals surface area contributed by atoms with Crippen LogP contribution in [-0.2, 0) is 27.0 Å². The Morgan fingerprint density at radius 1 is 1.24 bits per heavy atom. The van der Waals surface area contributed by atoms with Crippen LogP contribution in [0.2, 0.25) is 0 Å². The van der Waals surface area contributed by atoms with Crippen molar-refractivity contribution in [2.75, 3.05) is 11.9 Å². The molecule has 2 fully saturated rings. The average molecular weight is 470 g/mol. The van der Waals surface area contributed by atoms with Gasteiger partial charge in [0.1, 0.15) is 18.0 Å². The molecule has 3 N–H and O–H groups in total. The number of carbonyl (C=O) groups is 2. The highest BCUT2D eigenvalue weighted by Crippen LogP contribution is 2.38. The van der Waals surface area contributed by atoms with E-state index in [4.69, 9.17) is 9.47 Å². The fourth-order valence-corrected chi connectivity index (χ4v) is 3.84. The van der Waals surface area contributed by atoms with E-state index in [1.165, 1.54) is 0 Å². The molecular formula is C21H22F4N4O4. The Hall–Kier alpha value is -3.15. The SMILES string of the molecule is O=C(NCc1ccc(F)cc1C(F)(F)F)OC1CC(c2cc(NC(=O)[C@H]3CCCO3)n[nH]2)C1. The first-order valence-corrected chi connectivity index (χ1v) is 10.5. The summed E-state index contributed by atoms with van der Waals surface area (Å²) in [5.74, 6) is -0.834. The number of rotatable bonds is 6. The third-order valence-corrected chi connectivity index (χ3v) is 5.68. The van der Waals surface area contributed by atoms with E-state index in [1.807, 2.05) is 0 Å². The van der Waals surface area contributed by atoms with E-state index in [0.29, 0.717) is 37.8 Å². The van der Waals surface area contributed by atoms with Gasteiger partial charge in [0.25, 0.3) is 5.91 Å². The van der Waals surface area contributed by atoms with Crippen molar-refractivity contribution >= 4 is 17.8 Å². The number of halogens is 4. The van der Waals surface area contributed by atoms with Gasteiger partial charge in [0.15, 0.2) is 5.82 Å². The minimum Gasteiger partial charge on any atom is -0.446 e. The molecule has 1 saturated heterocycles. The minimum absolute atomic E-state index is 0.0395. The molecule has 0 bridgehead atoms. The lowest BCUT2D eigenvalue weighted by Gasteiger charge is -2.33. The van der Waals surface area contributed by atoms with Crippen LogP contribution in [-0.4, -0.2) is 41.0 Å². The molecule has 178 valence electrons. The van der Waals surface area contributed by atoms with Crippen molar-refractivity contribution in [3.05, 3.63) is 46.9 Å². The second-order valence-electron chi connectivity index (χ2n) is 8.05. The molecule has 1 aliphatic carbocycles. The van der Waals surface area contributed by atoms with Crippen molar-refractivity contribution in [1.29, 1.82) is 0 Å². The predicted octanol–water partition coefficient (Wildman–Crippen LogP) is 3.86. The Labute approximate surface area is 186 Å². The number of aromatic amines is 1. The van der Waals surface area contributed by atoms with Crippen molar-refractivity contribution in [1.82, 2.24) is 15.5 Å². The average Bonchev–Trinajstić information content (AvgIpc) is 3.41. The molecule has 12 heteroatoms. The van der Waals surface area contributed by atoms with Crippen LogP contribution in [0.3, 0.4) is 0 Å². The van der Waals surface area contributed by atoms with Crippen molar-refractivity contribution in [3.63, 3.8) is 0 Å². The van der Waals surface area contributed by atoms with Gasteiger partial charge in [-0.05, 0) is 43.4 Å². The molecular weight excluding hydrogens is 448 g/mol. The number of aromatic nitrogens is 2. The molecule has 33 heavy (non-hydrogen) atoms. The maximum atomic E-state index is 13.2. The van der Waals surface area contributed by atoms with Crippen LogP contribution >= 0.6 is 0 Å². The maximum absolute atomic E-state index is 13.2. The highest BCUT2D eigenvalue weighted by molar-refractivity contribution is 5.93. The van der Waals surface area contributed by atoms with Gasteiger partial charge in [-0.2, -0.15) is 18.3 Å². The summed E-state index contributed by atoms with van der Waals surface area (Å²) in [6.45, 7) is 0.118. The van der Waals surface area contributed by atoms with Crippen LogP contribution < -0.4 is 10.6 Å². The lowest BCUT2D eigenvalue weighted by molar-refractivity contribution is -0.138. The van der Waals surface area contributed by atoms with E-state index < -0.39 is 42.4 Å². The number of carbonyl (C=O) groups excluding carboxylic acids is 2. The lowest BCUT2D eigenvalue weighted by Crippen LogP contribution is -2.36. The Balaban J connectivity index is 1.22. The molecule has 1 atom stereocenters. The van der Waals surface area contributed by atoms with E-state index in [-0.39, 0.29) is 17.4 Å². The summed E-state index contributed by atoms with van der Waals surface area (Å²) in [6.07, 6.45) is -3.95. The number of nitrogens with zero attached hydrogens (tertiary/aromatic N) is 1. The van der Waals surface area contributed by atoms with Gasteiger partial charge in [0.2, 0.25) is 0 Å². The summed E-state index contributed by atoms with van der Waals surface area (Å²) >= 11 is 0. The smallest absolute Gasteiger partial charge is 0.416 e. The van der Waals surface area contributed by atoms with E-state index >= 15 is 0 Å². The normalized spacial score (nSPS) is 22.5. The number of benzene rings is 1. The van der Waals surface area contributed by atoms with Crippen LogP contribution in [0, 0.1) is 5.82 Å². The molecule has 0 unspecified atom stereocenters. The third-order valence-electron chi connectivity index (χ3n) is 5.68. The number of amides is 2. The van der Waals surface area contributed by atoms with Crippen LogP contribution in [0.1, 0.15) is 48.4 Å². The first-order chi connectivity index (χ1) is 15.7. The Morgan fingerprint density at radius 3 is 2.73 bits per heavy atom. The standard InChI is InChI=1S/C21H22F4N4O4/c22-13-4-3-11(15(8-13)21(23,24)25)10-26-20(31)33-14-6-12(7-14)16-9-18(29-28-16)27-19(30)17-2-1-5-32-17/h3-4,8-9,12,14,17H,1-2,5-7,10H2,(H,26,31)(H2,27,28,29,30)/t12?,14?,17-/m1/s1. The fourth-order valence-electron chi connectivity index (χ4n) is 3.84. The molecule has 2 heterocycles. The monoisotopic (exact) mass is 470 g/mol. The minimum atomic E-state index is -4.74. The van der Waals surface area contributed by atoms with Gasteiger partial charge in [0, 0.05) is 30.8 Å². The van der Waals surface area contributed by atoms with E-state index in [9.17, 15) is 27.2 Å². The number of nitrogens with one attached hydrogen (secondary N) is 3. The van der Waals surface area contributed by atoms with Crippen LogP contribution in [0.25, 0.3) is 0 Å². The first-order valence-electron chi connectivity index (χ1n) is 10.5. The van der Waals surface area contributed by atoms with Crippen LogP contribution in [0.4, 0.5) is 28.2 Å². The lowest BCUT2D eigenvalue weighted by atomic mass is 9.80. The van der Waals surface area contributed by atoms with Gasteiger partial charge in [0.05, 0.1) is 5.56 Å². The molecule has 2 amide bonds. The number of anilines is 1. The highest BCUT2D eigenvalue weighted by Gasteiger charge is 2.36. The Morgan fingerprint density at radius 2 is 2.03 bits per heavy atom. The number of H-pyrrole nitrogens is 1. The molecule has 0 spiro atoms. The molecule has 2 aromatic rings. The first kappa shape index (κ1) is 23.0. The van der Waals surface area contributed by atoms with Crippen LogP contribution in [0.5, 0.6) is 0 Å². The van der Waals surface area contributed by atoms with Crippen molar-refractivity contribution in [2.24, 2.45) is 0 Å². The summed E-state index contributed by atoms with van der Waals surface area (Å²) in [5, 5.41) is 11.9. The van der Waals surface area contributed by atoms with Gasteiger partial charge < -0.3 is 20.1 Å². The Kier molecular flexibility index (Phi) is 6.54. The highest BCUT2D eigenvalue weighted by atomic mass is 19.4. The summed E-state index contributed by atoms with van der Waals surface area (Å²) in [4.78, 5) is 24.0. The van der Waals surface area contributed by atoms with Crippen LogP contribution in [0.15, 0.2) is 24.3 Å². The van der Waals surface area contributed by atoms with Crippen molar-refractivity contribution < 1.29 is 36.6 Å². The number of alkyl carbamates (subject to hydrolysis) is 1. The van der Waals surface area contributed by atoms with Gasteiger partial charge >= 0.3 is 12.3 Å². The molecule has 0 radical (unpaired) electrons. The summed E-state index contributed by atoms with van der Waals surface area (Å²) in [7, 11) is 0. The quantitative estimate of drug-likeness (QED) is 0.556. The van der Waals surface area contributed by atoms with Gasteiger partial charge in [-0.3, -0.25) is 9.89 Å². The fraction of sp³-hybridized carbons (Fsp3) is 0.476. The molecule has 1 saturated carbocycles. The number of ether oxygens (including phenoxy) is 2. The van der Waals surface area contributed by atoms with E-state index in [1.54, 1.807) is 6.07 Å². The Bertz CT molecular complexity index is 1010.